The van der Waals surface area contributed by atoms with E-state index in [0.29, 0.717) is 21.3 Å². The number of azide groups is 2. The van der Waals surface area contributed by atoms with Crippen molar-refractivity contribution in [2.24, 2.45) is 10.2 Å². The van der Waals surface area contributed by atoms with E-state index in [0.717, 1.165) is 17.5 Å². The van der Waals surface area contributed by atoms with Crippen molar-refractivity contribution in [3.63, 3.8) is 0 Å². The maximum Gasteiger partial charge on any atom is 0.229 e. The summed E-state index contributed by atoms with van der Waals surface area (Å²) in [5.74, 6) is -0.800. The average Bonchev–Trinajstić information content (AvgIpc) is 3.10. The van der Waals surface area contributed by atoms with Crippen molar-refractivity contribution < 1.29 is 9.18 Å². The van der Waals surface area contributed by atoms with Crippen molar-refractivity contribution in [3.05, 3.63) is 50.9 Å². The molecule has 0 bridgehead atoms. The fourth-order valence-corrected chi connectivity index (χ4v) is 3.62. The molecule has 0 aromatic carbocycles. The van der Waals surface area contributed by atoms with E-state index in [1.165, 1.54) is 28.9 Å². The van der Waals surface area contributed by atoms with Gasteiger partial charge in [-0.1, -0.05) is 35.4 Å². The Labute approximate surface area is 174 Å². The van der Waals surface area contributed by atoms with Crippen LogP contribution in [-0.4, -0.2) is 33.5 Å². The zero-order valence-electron chi connectivity index (χ0n) is 16.0. The minimum Gasteiger partial charge on any atom is -0.296 e. The SMILES string of the molecule is CSC(C)(C)CC(=O)N(CN=[N+]=[N-])c1sc(-c2cncc(F)c2)nc1CN=[N+]=[N-]. The fourth-order valence-electron chi connectivity index (χ4n) is 2.29. The van der Waals surface area contributed by atoms with Gasteiger partial charge in [0.1, 0.15) is 22.5 Å². The van der Waals surface area contributed by atoms with Crippen LogP contribution in [0.1, 0.15) is 26.0 Å². The zero-order chi connectivity index (χ0) is 21.4. The summed E-state index contributed by atoms with van der Waals surface area (Å²) in [5.41, 5.74) is 18.2. The quantitative estimate of drug-likeness (QED) is 0.299. The first-order valence-corrected chi connectivity index (χ1v) is 10.3. The molecule has 0 saturated carbocycles. The van der Waals surface area contributed by atoms with Gasteiger partial charge >= 0.3 is 0 Å². The van der Waals surface area contributed by atoms with Crippen LogP contribution in [0.4, 0.5) is 9.39 Å². The summed E-state index contributed by atoms with van der Waals surface area (Å²) < 4.78 is 13.2. The fraction of sp³-hybridized carbons (Fsp3) is 0.438. The van der Waals surface area contributed by atoms with E-state index in [9.17, 15) is 9.18 Å². The number of anilines is 1. The lowest BCUT2D eigenvalue weighted by Crippen LogP contribution is -2.35. The van der Waals surface area contributed by atoms with Gasteiger partial charge in [0, 0.05) is 32.8 Å². The van der Waals surface area contributed by atoms with Gasteiger partial charge in [0.05, 0.1) is 18.4 Å². The van der Waals surface area contributed by atoms with E-state index < -0.39 is 5.82 Å². The minimum atomic E-state index is -0.528. The zero-order valence-corrected chi connectivity index (χ0v) is 17.6. The van der Waals surface area contributed by atoms with Gasteiger partial charge in [-0.15, -0.1) is 0 Å². The molecule has 0 aliphatic heterocycles. The van der Waals surface area contributed by atoms with Crippen LogP contribution in [0.15, 0.2) is 28.7 Å². The smallest absolute Gasteiger partial charge is 0.229 e. The molecule has 29 heavy (non-hydrogen) atoms. The third kappa shape index (κ3) is 6.06. The second-order valence-corrected chi connectivity index (χ2v) is 8.88. The molecule has 0 atom stereocenters. The molecule has 0 saturated heterocycles. The first kappa shape index (κ1) is 22.4. The van der Waals surface area contributed by atoms with Crippen molar-refractivity contribution in [3.8, 4) is 10.6 Å². The number of thioether (sulfide) groups is 1. The van der Waals surface area contributed by atoms with Crippen LogP contribution < -0.4 is 4.90 Å². The lowest BCUT2D eigenvalue weighted by atomic mass is 10.1. The molecule has 0 aliphatic rings. The van der Waals surface area contributed by atoms with Crippen LogP contribution in [0.3, 0.4) is 0 Å². The topological polar surface area (TPSA) is 144 Å². The van der Waals surface area contributed by atoms with Crippen LogP contribution in [0.5, 0.6) is 0 Å². The highest BCUT2D eigenvalue weighted by Crippen LogP contribution is 2.37. The van der Waals surface area contributed by atoms with Crippen molar-refractivity contribution >= 4 is 34.0 Å². The van der Waals surface area contributed by atoms with Gasteiger partial charge in [0.2, 0.25) is 5.91 Å². The number of carbonyl (C=O) groups is 1. The number of aromatic nitrogens is 2. The molecular weight excluding hydrogens is 417 g/mol. The van der Waals surface area contributed by atoms with E-state index in [-0.39, 0.29) is 30.3 Å². The van der Waals surface area contributed by atoms with E-state index in [1.54, 1.807) is 0 Å². The van der Waals surface area contributed by atoms with Gasteiger partial charge in [-0.25, -0.2) is 9.37 Å². The van der Waals surface area contributed by atoms with E-state index in [4.69, 9.17) is 11.1 Å². The number of carbonyl (C=O) groups excluding carboxylic acids is 1. The van der Waals surface area contributed by atoms with Crippen LogP contribution in [-0.2, 0) is 11.3 Å². The molecule has 1 amide bonds. The largest absolute Gasteiger partial charge is 0.296 e. The Kier molecular flexibility index (Phi) is 7.80. The number of thiazole rings is 1. The standard InChI is InChI=1S/C16H18FN9OS2/c1-16(2,28-3)5-13(27)26(9-22-25-19)15-12(8-21-24-18)23-14(29-15)10-4-11(17)7-20-6-10/h4,6-7H,5,8-9H2,1-3H3. The molecule has 0 unspecified atom stereocenters. The van der Waals surface area contributed by atoms with Gasteiger partial charge in [-0.05, 0) is 23.4 Å². The van der Waals surface area contributed by atoms with Crippen molar-refractivity contribution in [1.29, 1.82) is 0 Å². The summed E-state index contributed by atoms with van der Waals surface area (Å²) in [7, 11) is 0. The predicted octanol–water partition coefficient (Wildman–Crippen LogP) is 5.29. The number of hydrogen-bond donors (Lipinski definition) is 0. The third-order valence-corrected chi connectivity index (χ3v) is 6.28. The maximum atomic E-state index is 13.6. The normalized spacial score (nSPS) is 10.8. The van der Waals surface area contributed by atoms with Crippen LogP contribution in [0.25, 0.3) is 31.5 Å². The number of amides is 1. The second-order valence-electron chi connectivity index (χ2n) is 6.39. The Balaban J connectivity index is 2.53. The van der Waals surface area contributed by atoms with Gasteiger partial charge in [-0.3, -0.25) is 14.7 Å². The number of nitrogens with zero attached hydrogens (tertiary/aromatic N) is 9. The van der Waals surface area contributed by atoms with E-state index in [1.807, 2.05) is 20.1 Å². The Morgan fingerprint density at radius 2 is 2.07 bits per heavy atom. The molecule has 2 heterocycles. The highest BCUT2D eigenvalue weighted by Gasteiger charge is 2.28. The molecule has 0 N–H and O–H groups in total. The first-order valence-electron chi connectivity index (χ1n) is 8.29. The van der Waals surface area contributed by atoms with E-state index >= 15 is 0 Å². The minimum absolute atomic E-state index is 0.114. The Bertz CT molecular complexity index is 981. The summed E-state index contributed by atoms with van der Waals surface area (Å²) in [4.78, 5) is 28.0. The van der Waals surface area contributed by atoms with Crippen LogP contribution in [0, 0.1) is 5.82 Å². The van der Waals surface area contributed by atoms with Crippen LogP contribution >= 0.6 is 23.1 Å². The average molecular weight is 436 g/mol. The Hall–Kier alpha value is -2.85. The summed E-state index contributed by atoms with van der Waals surface area (Å²) >= 11 is 2.64. The molecule has 0 spiro atoms. The van der Waals surface area contributed by atoms with Crippen molar-refractivity contribution in [1.82, 2.24) is 9.97 Å². The van der Waals surface area contributed by atoms with Crippen molar-refractivity contribution in [2.45, 2.75) is 31.6 Å². The number of hydrogen-bond acceptors (Lipinski definition) is 7. The van der Waals surface area contributed by atoms with Gasteiger partial charge in [0.15, 0.2) is 0 Å². The van der Waals surface area contributed by atoms with Gasteiger partial charge in [-0.2, -0.15) is 11.8 Å². The molecule has 0 fully saturated rings. The number of halogens is 1. The van der Waals surface area contributed by atoms with Crippen LogP contribution in [0.2, 0.25) is 0 Å². The lowest BCUT2D eigenvalue weighted by Gasteiger charge is -2.26. The highest BCUT2D eigenvalue weighted by atomic mass is 32.2. The molecule has 13 heteroatoms. The summed E-state index contributed by atoms with van der Waals surface area (Å²) in [6.07, 6.45) is 4.60. The summed E-state index contributed by atoms with van der Waals surface area (Å²) in [5, 5.41) is 7.84. The number of rotatable bonds is 9. The molecule has 2 aromatic heterocycles. The first-order chi connectivity index (χ1) is 13.8. The Morgan fingerprint density at radius 3 is 2.69 bits per heavy atom. The summed E-state index contributed by atoms with van der Waals surface area (Å²) in [6.45, 7) is 3.50. The molecular formula is C16H18FN9OS2. The summed E-state index contributed by atoms with van der Waals surface area (Å²) in [6, 6.07) is 1.27. The predicted molar refractivity (Wildman–Crippen MR) is 112 cm³/mol. The Morgan fingerprint density at radius 1 is 1.34 bits per heavy atom. The highest BCUT2D eigenvalue weighted by molar-refractivity contribution is 7.99. The molecule has 2 aromatic rings. The molecule has 2 rings (SSSR count). The molecule has 0 radical (unpaired) electrons. The van der Waals surface area contributed by atoms with Crippen molar-refractivity contribution in [2.75, 3.05) is 17.8 Å². The maximum absolute atomic E-state index is 13.6. The second kappa shape index (κ2) is 10.1. The lowest BCUT2D eigenvalue weighted by molar-refractivity contribution is -0.118. The molecule has 152 valence electrons. The third-order valence-electron chi connectivity index (χ3n) is 3.86. The number of pyridine rings is 1. The monoisotopic (exact) mass is 435 g/mol. The molecule has 10 nitrogen and oxygen atoms in total. The molecule has 0 aliphatic carbocycles. The van der Waals surface area contributed by atoms with E-state index in [2.05, 4.69) is 30.0 Å². The van der Waals surface area contributed by atoms with Gasteiger partial charge < -0.3 is 0 Å². The van der Waals surface area contributed by atoms with Gasteiger partial charge in [0.25, 0.3) is 0 Å².